The van der Waals surface area contributed by atoms with E-state index >= 15 is 0 Å². The van der Waals surface area contributed by atoms with E-state index in [0.29, 0.717) is 5.92 Å². The fourth-order valence-corrected chi connectivity index (χ4v) is 3.32. The first-order chi connectivity index (χ1) is 7.79. The van der Waals surface area contributed by atoms with Crippen molar-refractivity contribution in [1.29, 1.82) is 0 Å². The first kappa shape index (κ1) is 14.4. The fraction of sp³-hybridized carbons (Fsp3) is 0.538. The van der Waals surface area contributed by atoms with Gasteiger partial charge in [-0.3, -0.25) is 0 Å². The molecule has 0 N–H and O–H groups in total. The summed E-state index contributed by atoms with van der Waals surface area (Å²) in [5.41, 5.74) is 1.28. The number of alkyl halides is 1. The van der Waals surface area contributed by atoms with Crippen molar-refractivity contribution in [3.8, 4) is 0 Å². The summed E-state index contributed by atoms with van der Waals surface area (Å²) >= 11 is 11.8. The maximum Gasteiger partial charge on any atom is 0.0441 e. The summed E-state index contributed by atoms with van der Waals surface area (Å²) in [6.07, 6.45) is 2.47. The predicted molar refractivity (Wildman–Crippen MR) is 80.2 cm³/mol. The molecule has 90 valence electrons. The highest BCUT2D eigenvalue weighted by Crippen LogP contribution is 2.29. The van der Waals surface area contributed by atoms with E-state index in [1.165, 1.54) is 29.9 Å². The molecule has 1 rings (SSSR count). The summed E-state index contributed by atoms with van der Waals surface area (Å²) in [4.78, 5) is 0. The van der Waals surface area contributed by atoms with Crippen LogP contribution in [0.1, 0.15) is 31.2 Å². The van der Waals surface area contributed by atoms with Gasteiger partial charge in [-0.1, -0.05) is 52.7 Å². The van der Waals surface area contributed by atoms with Crippen LogP contribution in [0.4, 0.5) is 0 Å². The third-order valence-electron chi connectivity index (χ3n) is 2.58. The number of benzene rings is 1. The zero-order chi connectivity index (χ0) is 11.8. The summed E-state index contributed by atoms with van der Waals surface area (Å²) in [6.45, 7) is 2.21. The molecule has 0 aliphatic carbocycles. The van der Waals surface area contributed by atoms with Gasteiger partial charge in [0, 0.05) is 10.4 Å². The molecule has 3 heteroatoms. The molecule has 0 saturated heterocycles. The molecular formula is C13H18BrClS. The largest absolute Gasteiger partial charge is 0.162 e. The minimum Gasteiger partial charge on any atom is -0.162 e. The van der Waals surface area contributed by atoms with E-state index in [0.717, 1.165) is 10.4 Å². The van der Waals surface area contributed by atoms with Crippen LogP contribution in [-0.4, -0.2) is 16.8 Å². The molecule has 0 radical (unpaired) electrons. The van der Waals surface area contributed by atoms with Crippen molar-refractivity contribution in [3.63, 3.8) is 0 Å². The van der Waals surface area contributed by atoms with Crippen LogP contribution in [0.5, 0.6) is 0 Å². The quantitative estimate of drug-likeness (QED) is 0.482. The molecule has 1 aromatic carbocycles. The van der Waals surface area contributed by atoms with E-state index in [2.05, 4.69) is 35.0 Å². The van der Waals surface area contributed by atoms with Crippen molar-refractivity contribution >= 4 is 39.3 Å². The second kappa shape index (κ2) is 8.43. The molecule has 0 bridgehead atoms. The van der Waals surface area contributed by atoms with Crippen molar-refractivity contribution < 1.29 is 0 Å². The van der Waals surface area contributed by atoms with E-state index in [1.807, 2.05) is 23.9 Å². The first-order valence-corrected chi connectivity index (χ1v) is 8.33. The van der Waals surface area contributed by atoms with Crippen LogP contribution in [0, 0.1) is 0 Å². The Bertz CT molecular complexity index is 304. The van der Waals surface area contributed by atoms with Gasteiger partial charge in [-0.15, -0.1) is 0 Å². The van der Waals surface area contributed by atoms with Gasteiger partial charge in [-0.05, 0) is 41.9 Å². The van der Waals surface area contributed by atoms with Crippen LogP contribution < -0.4 is 0 Å². The molecule has 1 aromatic rings. The van der Waals surface area contributed by atoms with Crippen molar-refractivity contribution in [1.82, 2.24) is 0 Å². The van der Waals surface area contributed by atoms with Gasteiger partial charge in [0.1, 0.15) is 0 Å². The van der Waals surface area contributed by atoms with Gasteiger partial charge in [0.25, 0.3) is 0 Å². The van der Waals surface area contributed by atoms with Crippen molar-refractivity contribution in [2.75, 3.05) is 16.8 Å². The van der Waals surface area contributed by atoms with Crippen LogP contribution in [0.3, 0.4) is 0 Å². The lowest BCUT2D eigenvalue weighted by Crippen LogP contribution is -2.02. The Morgan fingerprint density at radius 1 is 1.38 bits per heavy atom. The lowest BCUT2D eigenvalue weighted by Gasteiger charge is -2.15. The first-order valence-electron chi connectivity index (χ1n) is 5.67. The predicted octanol–water partition coefficient (Wildman–Crippen LogP) is 5.35. The SMILES string of the molecule is CCSCCCC(CBr)c1ccccc1Cl. The Morgan fingerprint density at radius 3 is 2.75 bits per heavy atom. The van der Waals surface area contributed by atoms with Gasteiger partial charge in [0.2, 0.25) is 0 Å². The number of hydrogen-bond acceptors (Lipinski definition) is 1. The molecule has 0 aliphatic heterocycles. The van der Waals surface area contributed by atoms with E-state index < -0.39 is 0 Å². The van der Waals surface area contributed by atoms with E-state index in [1.54, 1.807) is 0 Å². The second-order valence-corrected chi connectivity index (χ2v) is 6.16. The Balaban J connectivity index is 2.51. The molecule has 0 heterocycles. The Hall–Kier alpha value is 0.340. The number of rotatable bonds is 7. The monoisotopic (exact) mass is 320 g/mol. The van der Waals surface area contributed by atoms with Crippen molar-refractivity contribution in [2.24, 2.45) is 0 Å². The van der Waals surface area contributed by atoms with Gasteiger partial charge in [0.15, 0.2) is 0 Å². The van der Waals surface area contributed by atoms with E-state index in [9.17, 15) is 0 Å². The van der Waals surface area contributed by atoms with Gasteiger partial charge in [0.05, 0.1) is 0 Å². The number of hydrogen-bond donors (Lipinski definition) is 0. The molecule has 1 atom stereocenters. The Labute approximate surface area is 116 Å². The molecule has 1 unspecified atom stereocenters. The minimum atomic E-state index is 0.547. The molecule has 0 spiro atoms. The fourth-order valence-electron chi connectivity index (χ4n) is 1.70. The topological polar surface area (TPSA) is 0 Å². The minimum absolute atomic E-state index is 0.547. The molecule has 0 aromatic heterocycles. The van der Waals surface area contributed by atoms with Gasteiger partial charge >= 0.3 is 0 Å². The third kappa shape index (κ3) is 4.68. The highest BCUT2D eigenvalue weighted by Gasteiger charge is 2.12. The maximum atomic E-state index is 6.21. The molecular weight excluding hydrogens is 304 g/mol. The van der Waals surface area contributed by atoms with Gasteiger partial charge in [-0.25, -0.2) is 0 Å². The molecule has 0 amide bonds. The Kier molecular flexibility index (Phi) is 7.59. The van der Waals surface area contributed by atoms with E-state index in [4.69, 9.17) is 11.6 Å². The zero-order valence-electron chi connectivity index (χ0n) is 9.59. The van der Waals surface area contributed by atoms with Crippen LogP contribution >= 0.6 is 39.3 Å². The molecule has 0 nitrogen and oxygen atoms in total. The second-order valence-electron chi connectivity index (χ2n) is 3.71. The average molecular weight is 322 g/mol. The lowest BCUT2D eigenvalue weighted by atomic mass is 9.96. The van der Waals surface area contributed by atoms with Crippen LogP contribution in [0.2, 0.25) is 5.02 Å². The Morgan fingerprint density at radius 2 is 2.12 bits per heavy atom. The standard InChI is InChI=1S/C13H18BrClS/c1-2-16-9-5-6-11(10-14)12-7-3-4-8-13(12)15/h3-4,7-8,11H,2,5-6,9-10H2,1H3. The lowest BCUT2D eigenvalue weighted by molar-refractivity contribution is 0.681. The van der Waals surface area contributed by atoms with Crippen molar-refractivity contribution in [3.05, 3.63) is 34.9 Å². The van der Waals surface area contributed by atoms with Crippen LogP contribution in [0.15, 0.2) is 24.3 Å². The highest BCUT2D eigenvalue weighted by atomic mass is 79.9. The molecule has 0 fully saturated rings. The maximum absolute atomic E-state index is 6.21. The number of halogens is 2. The van der Waals surface area contributed by atoms with E-state index in [-0.39, 0.29) is 0 Å². The van der Waals surface area contributed by atoms with Gasteiger partial charge < -0.3 is 0 Å². The van der Waals surface area contributed by atoms with Crippen LogP contribution in [0.25, 0.3) is 0 Å². The average Bonchev–Trinajstić information content (AvgIpc) is 2.31. The normalized spacial score (nSPS) is 12.7. The zero-order valence-corrected chi connectivity index (χ0v) is 12.7. The summed E-state index contributed by atoms with van der Waals surface area (Å²) < 4.78 is 0. The molecule has 0 saturated carbocycles. The summed E-state index contributed by atoms with van der Waals surface area (Å²) in [7, 11) is 0. The van der Waals surface area contributed by atoms with Crippen molar-refractivity contribution in [2.45, 2.75) is 25.7 Å². The van der Waals surface area contributed by atoms with Crippen LogP contribution in [-0.2, 0) is 0 Å². The van der Waals surface area contributed by atoms with Gasteiger partial charge in [-0.2, -0.15) is 11.8 Å². The summed E-state index contributed by atoms with van der Waals surface area (Å²) in [5, 5.41) is 1.89. The summed E-state index contributed by atoms with van der Waals surface area (Å²) in [5.74, 6) is 3.02. The third-order valence-corrected chi connectivity index (χ3v) is 4.69. The molecule has 16 heavy (non-hydrogen) atoms. The molecule has 0 aliphatic rings. The number of thioether (sulfide) groups is 1. The highest BCUT2D eigenvalue weighted by molar-refractivity contribution is 9.09. The smallest absolute Gasteiger partial charge is 0.0441 e. The summed E-state index contributed by atoms with van der Waals surface area (Å²) in [6, 6.07) is 8.18.